The molecule has 2 aromatic carbocycles. The fraction of sp³-hybridized carbons (Fsp3) is 0.158. The Kier molecular flexibility index (Phi) is 4.53. The SMILES string of the molecule is COc1ccc(C=Nc2nc(-c3ccc(C)c(C)c3)cs2)cc1. The molecule has 116 valence electrons. The molecule has 0 radical (unpaired) electrons. The lowest BCUT2D eigenvalue weighted by Gasteiger charge is -2.02. The van der Waals surface area contributed by atoms with Crippen LogP contribution in [0.5, 0.6) is 5.75 Å². The van der Waals surface area contributed by atoms with Crippen molar-refractivity contribution in [3.8, 4) is 17.0 Å². The summed E-state index contributed by atoms with van der Waals surface area (Å²) in [5, 5.41) is 2.80. The molecule has 0 bridgehead atoms. The van der Waals surface area contributed by atoms with Crippen LogP contribution in [0.25, 0.3) is 11.3 Å². The second-order valence-corrected chi connectivity index (χ2v) is 6.18. The van der Waals surface area contributed by atoms with Crippen molar-refractivity contribution in [2.24, 2.45) is 4.99 Å². The molecule has 0 atom stereocenters. The maximum absolute atomic E-state index is 5.15. The lowest BCUT2D eigenvalue weighted by Crippen LogP contribution is -1.84. The first-order valence-electron chi connectivity index (χ1n) is 7.37. The van der Waals surface area contributed by atoms with Gasteiger partial charge in [-0.15, -0.1) is 11.3 Å². The monoisotopic (exact) mass is 322 g/mol. The third-order valence-corrected chi connectivity index (χ3v) is 4.48. The predicted octanol–water partition coefficient (Wildman–Crippen LogP) is 5.19. The van der Waals surface area contributed by atoms with E-state index in [0.29, 0.717) is 0 Å². The van der Waals surface area contributed by atoms with E-state index in [0.717, 1.165) is 27.7 Å². The molecule has 0 amide bonds. The number of rotatable bonds is 4. The number of hydrogen-bond donors (Lipinski definition) is 0. The number of thiazole rings is 1. The van der Waals surface area contributed by atoms with Gasteiger partial charge in [0.1, 0.15) is 5.75 Å². The Morgan fingerprint density at radius 1 is 1.04 bits per heavy atom. The molecule has 0 saturated heterocycles. The van der Waals surface area contributed by atoms with Gasteiger partial charge in [-0.05, 0) is 60.9 Å². The minimum atomic E-state index is 0.758. The maximum atomic E-state index is 5.15. The van der Waals surface area contributed by atoms with Gasteiger partial charge in [-0.3, -0.25) is 0 Å². The van der Waals surface area contributed by atoms with Gasteiger partial charge in [0.15, 0.2) is 0 Å². The van der Waals surface area contributed by atoms with Gasteiger partial charge in [0.25, 0.3) is 0 Å². The van der Waals surface area contributed by atoms with E-state index in [-0.39, 0.29) is 0 Å². The highest BCUT2D eigenvalue weighted by Gasteiger charge is 2.04. The highest BCUT2D eigenvalue weighted by atomic mass is 32.1. The van der Waals surface area contributed by atoms with E-state index in [2.05, 4.69) is 42.0 Å². The summed E-state index contributed by atoms with van der Waals surface area (Å²) in [5.74, 6) is 0.841. The Morgan fingerprint density at radius 3 is 2.52 bits per heavy atom. The van der Waals surface area contributed by atoms with Crippen LogP contribution in [-0.4, -0.2) is 18.3 Å². The highest BCUT2D eigenvalue weighted by Crippen LogP contribution is 2.28. The molecule has 3 nitrogen and oxygen atoms in total. The van der Waals surface area contributed by atoms with Gasteiger partial charge in [-0.1, -0.05) is 12.1 Å². The number of aromatic nitrogens is 1. The molecule has 0 unspecified atom stereocenters. The molecule has 23 heavy (non-hydrogen) atoms. The standard InChI is InChI=1S/C19H18N2OS/c1-13-4-7-16(10-14(13)2)18-12-23-19(21-18)20-11-15-5-8-17(22-3)9-6-15/h4-12H,1-3H3. The lowest BCUT2D eigenvalue weighted by molar-refractivity contribution is 0.415. The molecule has 0 N–H and O–H groups in total. The van der Waals surface area contributed by atoms with Crippen molar-refractivity contribution in [2.45, 2.75) is 13.8 Å². The van der Waals surface area contributed by atoms with E-state index in [1.807, 2.05) is 35.9 Å². The molecule has 0 aliphatic carbocycles. The second kappa shape index (κ2) is 6.75. The van der Waals surface area contributed by atoms with Crippen LogP contribution in [-0.2, 0) is 0 Å². The van der Waals surface area contributed by atoms with Crippen molar-refractivity contribution in [2.75, 3.05) is 7.11 Å². The Hall–Kier alpha value is -2.46. The summed E-state index contributed by atoms with van der Waals surface area (Å²) >= 11 is 1.55. The zero-order valence-corrected chi connectivity index (χ0v) is 14.2. The third-order valence-electron chi connectivity index (χ3n) is 3.73. The number of aliphatic imine (C=N–C) groups is 1. The van der Waals surface area contributed by atoms with Gasteiger partial charge >= 0.3 is 0 Å². The van der Waals surface area contributed by atoms with Crippen LogP contribution in [0.4, 0.5) is 5.13 Å². The van der Waals surface area contributed by atoms with Crippen LogP contribution in [0.1, 0.15) is 16.7 Å². The summed E-state index contributed by atoms with van der Waals surface area (Å²) in [7, 11) is 1.66. The van der Waals surface area contributed by atoms with Crippen molar-refractivity contribution >= 4 is 22.7 Å². The quantitative estimate of drug-likeness (QED) is 0.620. The Labute approximate surface area is 140 Å². The first-order chi connectivity index (χ1) is 11.2. The average Bonchev–Trinajstić information content (AvgIpc) is 3.05. The highest BCUT2D eigenvalue weighted by molar-refractivity contribution is 7.13. The molecular weight excluding hydrogens is 304 g/mol. The van der Waals surface area contributed by atoms with E-state index in [9.17, 15) is 0 Å². The molecule has 0 aliphatic rings. The number of benzene rings is 2. The van der Waals surface area contributed by atoms with Crippen LogP contribution in [0.3, 0.4) is 0 Å². The number of methoxy groups -OCH3 is 1. The first kappa shape index (κ1) is 15.4. The zero-order chi connectivity index (χ0) is 16.2. The molecular formula is C19H18N2OS. The van der Waals surface area contributed by atoms with Crippen molar-refractivity contribution in [3.05, 3.63) is 64.5 Å². The normalized spacial score (nSPS) is 11.1. The minimum absolute atomic E-state index is 0.758. The van der Waals surface area contributed by atoms with Crippen molar-refractivity contribution in [1.29, 1.82) is 0 Å². The van der Waals surface area contributed by atoms with Crippen LogP contribution >= 0.6 is 11.3 Å². The number of ether oxygens (including phenoxy) is 1. The molecule has 3 rings (SSSR count). The van der Waals surface area contributed by atoms with Gasteiger partial charge in [0, 0.05) is 17.2 Å². The lowest BCUT2D eigenvalue weighted by atomic mass is 10.1. The minimum Gasteiger partial charge on any atom is -0.497 e. The van der Waals surface area contributed by atoms with E-state index in [1.54, 1.807) is 18.4 Å². The first-order valence-corrected chi connectivity index (χ1v) is 8.25. The summed E-state index contributed by atoms with van der Waals surface area (Å²) in [6, 6.07) is 14.2. The van der Waals surface area contributed by atoms with Crippen molar-refractivity contribution in [3.63, 3.8) is 0 Å². The van der Waals surface area contributed by atoms with E-state index >= 15 is 0 Å². The van der Waals surface area contributed by atoms with Crippen LogP contribution < -0.4 is 4.74 Å². The van der Waals surface area contributed by atoms with Gasteiger partial charge in [0.2, 0.25) is 5.13 Å². The van der Waals surface area contributed by atoms with Gasteiger partial charge in [-0.2, -0.15) is 0 Å². The molecule has 4 heteroatoms. The van der Waals surface area contributed by atoms with Crippen LogP contribution in [0.2, 0.25) is 0 Å². The van der Waals surface area contributed by atoms with Gasteiger partial charge in [0.05, 0.1) is 12.8 Å². The molecule has 0 aliphatic heterocycles. The number of hydrogen-bond acceptors (Lipinski definition) is 4. The molecule has 0 saturated carbocycles. The smallest absolute Gasteiger partial charge is 0.209 e. The summed E-state index contributed by atoms with van der Waals surface area (Å²) in [6.07, 6.45) is 1.82. The van der Waals surface area contributed by atoms with Crippen LogP contribution in [0, 0.1) is 13.8 Å². The van der Waals surface area contributed by atoms with Crippen molar-refractivity contribution < 1.29 is 4.74 Å². The third kappa shape index (κ3) is 3.66. The topological polar surface area (TPSA) is 34.5 Å². The molecule has 3 aromatic rings. The summed E-state index contributed by atoms with van der Waals surface area (Å²) in [6.45, 7) is 4.23. The molecule has 1 aromatic heterocycles. The number of aryl methyl sites for hydroxylation is 2. The summed E-state index contributed by atoms with van der Waals surface area (Å²) in [4.78, 5) is 9.06. The van der Waals surface area contributed by atoms with E-state index in [4.69, 9.17) is 4.74 Å². The molecule has 0 fully saturated rings. The van der Waals surface area contributed by atoms with Gasteiger partial charge < -0.3 is 4.74 Å². The second-order valence-electron chi connectivity index (χ2n) is 5.35. The maximum Gasteiger partial charge on any atom is 0.209 e. The van der Waals surface area contributed by atoms with E-state index in [1.165, 1.54) is 11.1 Å². The van der Waals surface area contributed by atoms with Gasteiger partial charge in [-0.25, -0.2) is 9.98 Å². The fourth-order valence-corrected chi connectivity index (χ4v) is 2.85. The van der Waals surface area contributed by atoms with E-state index < -0.39 is 0 Å². The van der Waals surface area contributed by atoms with Crippen molar-refractivity contribution in [1.82, 2.24) is 4.98 Å². The summed E-state index contributed by atoms with van der Waals surface area (Å²) < 4.78 is 5.15. The molecule has 1 heterocycles. The largest absolute Gasteiger partial charge is 0.497 e. The molecule has 0 spiro atoms. The average molecular weight is 322 g/mol. The fourth-order valence-electron chi connectivity index (χ4n) is 2.18. The number of nitrogens with zero attached hydrogens (tertiary/aromatic N) is 2. The Bertz CT molecular complexity index is 835. The Morgan fingerprint density at radius 2 is 1.83 bits per heavy atom. The zero-order valence-electron chi connectivity index (χ0n) is 13.4. The summed E-state index contributed by atoms with van der Waals surface area (Å²) in [5.41, 5.74) is 5.70. The van der Waals surface area contributed by atoms with Crippen LogP contribution in [0.15, 0.2) is 52.8 Å². The Balaban J connectivity index is 1.78. The predicted molar refractivity (Wildman–Crippen MR) is 97.3 cm³/mol.